The van der Waals surface area contributed by atoms with E-state index >= 15 is 0 Å². The normalized spacial score (nSPS) is 11.6. The third kappa shape index (κ3) is 3.28. The summed E-state index contributed by atoms with van der Waals surface area (Å²) in [5.41, 5.74) is 1.40. The van der Waals surface area contributed by atoms with Crippen molar-refractivity contribution in [3.05, 3.63) is 41.2 Å². The molecule has 0 spiro atoms. The first-order valence-corrected chi connectivity index (χ1v) is 7.35. The molecule has 0 aliphatic rings. The highest BCUT2D eigenvalue weighted by Crippen LogP contribution is 2.20. The van der Waals surface area contributed by atoms with E-state index in [-0.39, 0.29) is 11.9 Å². The first-order valence-electron chi connectivity index (χ1n) is 6.53. The van der Waals surface area contributed by atoms with Gasteiger partial charge in [-0.1, -0.05) is 17.4 Å². The molecule has 0 fully saturated rings. The molecule has 2 rings (SSSR count). The van der Waals surface area contributed by atoms with E-state index in [4.69, 9.17) is 4.74 Å². The van der Waals surface area contributed by atoms with Gasteiger partial charge in [-0.15, -0.1) is 6.58 Å². The number of ether oxygens (including phenoxy) is 1. The summed E-state index contributed by atoms with van der Waals surface area (Å²) in [6, 6.07) is 5.31. The monoisotopic (exact) mass is 304 g/mol. The van der Waals surface area contributed by atoms with E-state index in [0.29, 0.717) is 23.5 Å². The summed E-state index contributed by atoms with van der Waals surface area (Å²) in [6.07, 6.45) is 1.74. The lowest BCUT2D eigenvalue weighted by Crippen LogP contribution is -2.15. The van der Waals surface area contributed by atoms with Crippen molar-refractivity contribution in [1.29, 1.82) is 0 Å². The predicted molar refractivity (Wildman–Crippen MR) is 82.2 cm³/mol. The summed E-state index contributed by atoms with van der Waals surface area (Å²) >= 11 is 1.36. The summed E-state index contributed by atoms with van der Waals surface area (Å²) in [5.74, 6) is -0.613. The predicted octanol–water partition coefficient (Wildman–Crippen LogP) is 2.51. The van der Waals surface area contributed by atoms with Crippen LogP contribution in [0.1, 0.15) is 24.2 Å². The number of carbonyl (C=O) groups excluding carboxylic acids is 2. The second kappa shape index (κ2) is 6.49. The summed E-state index contributed by atoms with van der Waals surface area (Å²) in [7, 11) is 0. The summed E-state index contributed by atoms with van der Waals surface area (Å²) in [4.78, 5) is 27.6. The molecule has 5 nitrogen and oxygen atoms in total. The molecular weight excluding hydrogens is 288 g/mol. The van der Waals surface area contributed by atoms with Gasteiger partial charge in [0.05, 0.1) is 22.4 Å². The summed E-state index contributed by atoms with van der Waals surface area (Å²) in [6.45, 7) is 7.78. The lowest BCUT2D eigenvalue weighted by Gasteiger charge is -2.03. The minimum Gasteiger partial charge on any atom is -0.462 e. The van der Waals surface area contributed by atoms with E-state index in [1.165, 1.54) is 18.3 Å². The molecule has 0 saturated carbocycles. The first kappa shape index (κ1) is 15.2. The molecule has 0 N–H and O–H groups in total. The molecule has 1 aromatic heterocycles. The molecule has 1 amide bonds. The molecule has 0 radical (unpaired) electrons. The van der Waals surface area contributed by atoms with Crippen LogP contribution >= 0.6 is 11.3 Å². The maximum Gasteiger partial charge on any atom is 0.338 e. The minimum absolute atomic E-state index is 0.259. The Morgan fingerprint density at radius 2 is 2.24 bits per heavy atom. The smallest absolute Gasteiger partial charge is 0.338 e. The number of nitrogens with zero attached hydrogens (tertiary/aromatic N) is 2. The Labute approximate surface area is 126 Å². The Morgan fingerprint density at radius 3 is 2.86 bits per heavy atom. The van der Waals surface area contributed by atoms with Crippen molar-refractivity contribution in [2.45, 2.75) is 20.4 Å². The molecule has 21 heavy (non-hydrogen) atoms. The highest BCUT2D eigenvalue weighted by molar-refractivity contribution is 7.16. The molecular formula is C15H16N2O3S. The van der Waals surface area contributed by atoms with Crippen molar-refractivity contribution in [1.82, 2.24) is 4.57 Å². The minimum atomic E-state index is -0.354. The van der Waals surface area contributed by atoms with Gasteiger partial charge in [0.2, 0.25) is 5.91 Å². The lowest BCUT2D eigenvalue weighted by molar-refractivity contribution is -0.116. The Morgan fingerprint density at radius 1 is 1.48 bits per heavy atom. The Bertz CT molecular complexity index is 771. The summed E-state index contributed by atoms with van der Waals surface area (Å²) in [5, 5.41) is 0. The molecule has 6 heteroatoms. The van der Waals surface area contributed by atoms with E-state index < -0.39 is 0 Å². The number of rotatable bonds is 4. The molecule has 1 heterocycles. The Balaban J connectivity index is 2.61. The number of hydrogen-bond acceptors (Lipinski definition) is 4. The van der Waals surface area contributed by atoms with Crippen molar-refractivity contribution in [2.24, 2.45) is 4.99 Å². The van der Waals surface area contributed by atoms with Crippen LogP contribution in [0.4, 0.5) is 0 Å². The standard InChI is InChI=1S/C15H16N2O3S/c1-4-8-17-12-7-6-11(14(19)20-5-2)9-13(12)21-15(17)16-10(3)18/h4,6-7,9H,1,5,8H2,2-3H3. The van der Waals surface area contributed by atoms with Gasteiger partial charge in [0.1, 0.15) is 0 Å². The van der Waals surface area contributed by atoms with Gasteiger partial charge in [-0.05, 0) is 25.1 Å². The van der Waals surface area contributed by atoms with E-state index in [2.05, 4.69) is 11.6 Å². The van der Waals surface area contributed by atoms with Crippen molar-refractivity contribution >= 4 is 33.4 Å². The number of thiazole rings is 1. The summed E-state index contributed by atoms with van der Waals surface area (Å²) < 4.78 is 7.76. The van der Waals surface area contributed by atoms with Crippen LogP contribution in [0.25, 0.3) is 10.2 Å². The second-order valence-electron chi connectivity index (χ2n) is 4.32. The van der Waals surface area contributed by atoms with Crippen LogP contribution in [0.5, 0.6) is 0 Å². The van der Waals surface area contributed by atoms with Crippen molar-refractivity contribution in [3.8, 4) is 0 Å². The SMILES string of the molecule is C=CCn1c(=NC(C)=O)sc2cc(C(=O)OCC)ccc21. The van der Waals surface area contributed by atoms with Gasteiger partial charge >= 0.3 is 5.97 Å². The molecule has 0 saturated heterocycles. The van der Waals surface area contributed by atoms with Gasteiger partial charge in [0, 0.05) is 13.5 Å². The fourth-order valence-electron chi connectivity index (χ4n) is 1.94. The zero-order chi connectivity index (χ0) is 15.4. The molecule has 0 unspecified atom stereocenters. The zero-order valence-corrected chi connectivity index (χ0v) is 12.8. The lowest BCUT2D eigenvalue weighted by atomic mass is 10.2. The van der Waals surface area contributed by atoms with E-state index in [9.17, 15) is 9.59 Å². The highest BCUT2D eigenvalue weighted by atomic mass is 32.1. The number of amides is 1. The number of hydrogen-bond donors (Lipinski definition) is 0. The quantitative estimate of drug-likeness (QED) is 0.644. The van der Waals surface area contributed by atoms with Gasteiger partial charge in [-0.2, -0.15) is 4.99 Å². The van der Waals surface area contributed by atoms with E-state index in [1.54, 1.807) is 25.1 Å². The van der Waals surface area contributed by atoms with Gasteiger partial charge < -0.3 is 9.30 Å². The number of allylic oxidation sites excluding steroid dienone is 1. The molecule has 110 valence electrons. The largest absolute Gasteiger partial charge is 0.462 e. The van der Waals surface area contributed by atoms with E-state index in [1.807, 2.05) is 10.6 Å². The fraction of sp³-hybridized carbons (Fsp3) is 0.267. The average molecular weight is 304 g/mol. The number of benzene rings is 1. The maximum atomic E-state index is 11.8. The Kier molecular flexibility index (Phi) is 4.70. The molecule has 0 aliphatic heterocycles. The van der Waals surface area contributed by atoms with E-state index in [0.717, 1.165) is 10.2 Å². The second-order valence-corrected chi connectivity index (χ2v) is 5.33. The van der Waals surface area contributed by atoms with Gasteiger partial charge in [-0.3, -0.25) is 4.79 Å². The van der Waals surface area contributed by atoms with Crippen LogP contribution in [0.15, 0.2) is 35.8 Å². The number of carbonyl (C=O) groups is 2. The molecule has 0 atom stereocenters. The van der Waals surface area contributed by atoms with Crippen molar-refractivity contribution in [2.75, 3.05) is 6.61 Å². The van der Waals surface area contributed by atoms with Crippen LogP contribution in [0.2, 0.25) is 0 Å². The van der Waals surface area contributed by atoms with Gasteiger partial charge in [-0.25, -0.2) is 4.79 Å². The highest BCUT2D eigenvalue weighted by Gasteiger charge is 2.11. The van der Waals surface area contributed by atoms with Crippen molar-refractivity contribution in [3.63, 3.8) is 0 Å². The number of fused-ring (bicyclic) bond motifs is 1. The molecule has 1 aromatic carbocycles. The third-order valence-electron chi connectivity index (χ3n) is 2.76. The first-order chi connectivity index (χ1) is 10.1. The van der Waals surface area contributed by atoms with Gasteiger partial charge in [0.15, 0.2) is 4.80 Å². The molecule has 0 aliphatic carbocycles. The van der Waals surface area contributed by atoms with Crippen LogP contribution in [0, 0.1) is 0 Å². The Hall–Kier alpha value is -2.21. The zero-order valence-electron chi connectivity index (χ0n) is 12.0. The van der Waals surface area contributed by atoms with Crippen LogP contribution in [-0.4, -0.2) is 23.1 Å². The fourth-order valence-corrected chi connectivity index (χ4v) is 3.06. The van der Waals surface area contributed by atoms with Crippen LogP contribution in [-0.2, 0) is 16.1 Å². The maximum absolute atomic E-state index is 11.8. The molecule has 0 bridgehead atoms. The van der Waals surface area contributed by atoms with Crippen LogP contribution < -0.4 is 4.80 Å². The number of esters is 1. The average Bonchev–Trinajstić information content (AvgIpc) is 2.76. The molecule has 2 aromatic rings. The topological polar surface area (TPSA) is 60.7 Å². The third-order valence-corrected chi connectivity index (χ3v) is 3.80. The van der Waals surface area contributed by atoms with Crippen molar-refractivity contribution < 1.29 is 14.3 Å². The van der Waals surface area contributed by atoms with Crippen LogP contribution in [0.3, 0.4) is 0 Å². The number of aromatic nitrogens is 1. The van der Waals surface area contributed by atoms with Gasteiger partial charge in [0.25, 0.3) is 0 Å².